The van der Waals surface area contributed by atoms with Crippen LogP contribution in [0.2, 0.25) is 0 Å². The molecule has 0 aliphatic heterocycles. The minimum absolute atomic E-state index is 1.10. The first-order valence-corrected chi connectivity index (χ1v) is 16.4. The summed E-state index contributed by atoms with van der Waals surface area (Å²) >= 11 is 0. The largest absolute Gasteiger partial charge is 0.308 e. The fourth-order valence-corrected chi connectivity index (χ4v) is 7.13. The number of benzene rings is 8. The van der Waals surface area contributed by atoms with Crippen molar-refractivity contribution in [1.29, 1.82) is 0 Å². The average Bonchev–Trinajstić information content (AvgIpc) is 3.52. The smallest absolute Gasteiger partial charge is 0.0788 e. The third-order valence-electron chi connectivity index (χ3n) is 9.36. The Morgan fingerprint density at radius 1 is 0.375 bits per heavy atom. The van der Waals surface area contributed by atoms with Gasteiger partial charge in [0.05, 0.1) is 16.7 Å². The van der Waals surface area contributed by atoms with E-state index in [0.29, 0.717) is 0 Å². The molecule has 0 unspecified atom stereocenters. The second-order valence-electron chi connectivity index (χ2n) is 12.2. The highest BCUT2D eigenvalue weighted by Gasteiger charge is 2.23. The number of para-hydroxylation sites is 2. The quantitative estimate of drug-likeness (QED) is 0.181. The van der Waals surface area contributed by atoms with Crippen LogP contribution in [-0.2, 0) is 0 Å². The van der Waals surface area contributed by atoms with Crippen molar-refractivity contribution >= 4 is 49.6 Å². The Labute approximate surface area is 280 Å². The molecule has 9 aromatic rings. The molecular formula is C46H32N2. The minimum atomic E-state index is 1.10. The normalized spacial score (nSPS) is 11.3. The van der Waals surface area contributed by atoms with Crippen molar-refractivity contribution in [3.05, 3.63) is 194 Å². The summed E-state index contributed by atoms with van der Waals surface area (Å²) in [5.74, 6) is 0. The fourth-order valence-electron chi connectivity index (χ4n) is 7.13. The molecule has 0 amide bonds. The van der Waals surface area contributed by atoms with Gasteiger partial charge in [0.15, 0.2) is 0 Å². The second kappa shape index (κ2) is 11.8. The van der Waals surface area contributed by atoms with Crippen LogP contribution in [0.5, 0.6) is 0 Å². The van der Waals surface area contributed by atoms with E-state index in [1.807, 2.05) is 0 Å². The molecule has 2 nitrogen and oxygen atoms in total. The van der Waals surface area contributed by atoms with Crippen LogP contribution >= 0.6 is 0 Å². The zero-order chi connectivity index (χ0) is 31.9. The Hall–Kier alpha value is -6.38. The molecule has 0 saturated heterocycles. The van der Waals surface area contributed by atoms with Crippen molar-refractivity contribution in [2.45, 2.75) is 0 Å². The van der Waals surface area contributed by atoms with E-state index in [1.54, 1.807) is 0 Å². The molecule has 8 aromatic carbocycles. The molecule has 0 aliphatic carbocycles. The first kappa shape index (κ1) is 27.9. The number of hydrogen-bond donors (Lipinski definition) is 0. The van der Waals surface area contributed by atoms with Crippen molar-refractivity contribution in [3.8, 4) is 27.9 Å². The molecule has 0 saturated carbocycles. The van der Waals surface area contributed by atoms with Gasteiger partial charge >= 0.3 is 0 Å². The first-order valence-electron chi connectivity index (χ1n) is 16.4. The van der Waals surface area contributed by atoms with Crippen molar-refractivity contribution in [3.63, 3.8) is 0 Å². The topological polar surface area (TPSA) is 8.17 Å². The van der Waals surface area contributed by atoms with Crippen LogP contribution in [0.3, 0.4) is 0 Å². The van der Waals surface area contributed by atoms with E-state index in [0.717, 1.165) is 22.7 Å². The zero-order valence-electron chi connectivity index (χ0n) is 26.4. The lowest BCUT2D eigenvalue weighted by atomic mass is 10.0. The van der Waals surface area contributed by atoms with Crippen molar-refractivity contribution < 1.29 is 0 Å². The van der Waals surface area contributed by atoms with Gasteiger partial charge in [0.1, 0.15) is 0 Å². The third-order valence-corrected chi connectivity index (χ3v) is 9.36. The van der Waals surface area contributed by atoms with Crippen molar-refractivity contribution in [2.75, 3.05) is 4.90 Å². The summed E-state index contributed by atoms with van der Waals surface area (Å²) in [6.45, 7) is 0. The number of fused-ring (bicyclic) bond motifs is 5. The summed E-state index contributed by atoms with van der Waals surface area (Å²) in [5.41, 5.74) is 11.6. The van der Waals surface area contributed by atoms with E-state index in [1.165, 1.54) is 54.8 Å². The number of nitrogens with zero attached hydrogens (tertiary/aromatic N) is 2. The third kappa shape index (κ3) is 4.74. The van der Waals surface area contributed by atoms with Crippen LogP contribution in [-0.4, -0.2) is 4.57 Å². The van der Waals surface area contributed by atoms with Gasteiger partial charge in [-0.15, -0.1) is 0 Å². The van der Waals surface area contributed by atoms with Crippen LogP contribution in [0, 0.1) is 0 Å². The predicted molar refractivity (Wildman–Crippen MR) is 204 cm³/mol. The summed E-state index contributed by atoms with van der Waals surface area (Å²) in [7, 11) is 0. The van der Waals surface area contributed by atoms with Gasteiger partial charge < -0.3 is 9.47 Å². The molecule has 0 fully saturated rings. The van der Waals surface area contributed by atoms with Gasteiger partial charge in [0, 0.05) is 27.8 Å². The average molecular weight is 613 g/mol. The molecule has 1 aromatic heterocycles. The maximum absolute atomic E-state index is 2.44. The van der Waals surface area contributed by atoms with Gasteiger partial charge in [-0.25, -0.2) is 0 Å². The van der Waals surface area contributed by atoms with E-state index in [4.69, 9.17) is 0 Å². The van der Waals surface area contributed by atoms with Crippen LogP contribution in [0.4, 0.5) is 17.1 Å². The Morgan fingerprint density at radius 3 is 1.42 bits per heavy atom. The van der Waals surface area contributed by atoms with Crippen LogP contribution < -0.4 is 4.90 Å². The van der Waals surface area contributed by atoms with E-state index >= 15 is 0 Å². The molecule has 0 bridgehead atoms. The molecule has 0 spiro atoms. The zero-order valence-corrected chi connectivity index (χ0v) is 26.4. The number of aromatic nitrogens is 1. The molecule has 0 atom stereocenters. The molecule has 0 N–H and O–H groups in total. The Balaban J connectivity index is 1.35. The minimum Gasteiger partial charge on any atom is -0.308 e. The maximum Gasteiger partial charge on any atom is 0.0788 e. The monoisotopic (exact) mass is 612 g/mol. The summed E-state index contributed by atoms with van der Waals surface area (Å²) < 4.78 is 2.44. The first-order chi connectivity index (χ1) is 23.8. The van der Waals surface area contributed by atoms with Crippen LogP contribution in [0.25, 0.3) is 60.5 Å². The van der Waals surface area contributed by atoms with Gasteiger partial charge in [-0.3, -0.25) is 0 Å². The molecule has 2 heteroatoms. The molecule has 0 aliphatic rings. The van der Waals surface area contributed by atoms with Crippen LogP contribution in [0.15, 0.2) is 194 Å². The molecule has 48 heavy (non-hydrogen) atoms. The molecular weight excluding hydrogens is 581 g/mol. The predicted octanol–water partition coefficient (Wildman–Crippen LogP) is 12.7. The lowest BCUT2D eigenvalue weighted by Crippen LogP contribution is -2.12. The fraction of sp³-hybridized carbons (Fsp3) is 0. The van der Waals surface area contributed by atoms with Gasteiger partial charge in [-0.2, -0.15) is 0 Å². The summed E-state index contributed by atoms with van der Waals surface area (Å²) in [5, 5.41) is 4.96. The Morgan fingerprint density at radius 2 is 0.833 bits per heavy atom. The number of rotatable bonds is 6. The standard InChI is InChI=1S/C46H32N2/c1-4-14-33(15-5-1)35-24-28-39(29-25-35)47(40-30-26-36(27-31-40)34-16-6-2-7-17-34)44-32-37-18-10-11-21-41(37)45-42-22-12-13-23-43(42)48(46(44)45)38-19-8-3-9-20-38/h1-32H. The van der Waals surface area contributed by atoms with Gasteiger partial charge in [-0.1, -0.05) is 146 Å². The highest BCUT2D eigenvalue weighted by atomic mass is 15.2. The summed E-state index contributed by atoms with van der Waals surface area (Å²) in [4.78, 5) is 2.43. The highest BCUT2D eigenvalue weighted by Crippen LogP contribution is 2.47. The lowest BCUT2D eigenvalue weighted by Gasteiger charge is -2.28. The maximum atomic E-state index is 2.44. The van der Waals surface area contributed by atoms with E-state index in [2.05, 4.69) is 204 Å². The van der Waals surface area contributed by atoms with Gasteiger partial charge in [-0.05, 0) is 81.6 Å². The molecule has 0 radical (unpaired) electrons. The number of anilines is 3. The van der Waals surface area contributed by atoms with E-state index in [-0.39, 0.29) is 0 Å². The SMILES string of the molecule is c1ccc(-c2ccc(N(c3ccc(-c4ccccc4)cc3)c3cc4ccccc4c4c5ccccc5n(-c5ccccc5)c34)cc2)cc1. The molecule has 1 heterocycles. The molecule has 226 valence electrons. The molecule has 9 rings (SSSR count). The highest BCUT2D eigenvalue weighted by molar-refractivity contribution is 6.25. The second-order valence-corrected chi connectivity index (χ2v) is 12.2. The summed E-state index contributed by atoms with van der Waals surface area (Å²) in [6.07, 6.45) is 0. The van der Waals surface area contributed by atoms with E-state index in [9.17, 15) is 0 Å². The number of hydrogen-bond acceptors (Lipinski definition) is 1. The van der Waals surface area contributed by atoms with Gasteiger partial charge in [0.25, 0.3) is 0 Å². The van der Waals surface area contributed by atoms with E-state index < -0.39 is 0 Å². The van der Waals surface area contributed by atoms with Crippen molar-refractivity contribution in [1.82, 2.24) is 4.57 Å². The van der Waals surface area contributed by atoms with Crippen LogP contribution in [0.1, 0.15) is 0 Å². The summed E-state index contributed by atoms with van der Waals surface area (Å²) in [6, 6.07) is 69.9. The Kier molecular flexibility index (Phi) is 6.84. The lowest BCUT2D eigenvalue weighted by molar-refractivity contribution is 1.17. The van der Waals surface area contributed by atoms with Crippen molar-refractivity contribution in [2.24, 2.45) is 0 Å². The van der Waals surface area contributed by atoms with Gasteiger partial charge in [0.2, 0.25) is 0 Å². The Bertz CT molecular complexity index is 2430.